The largest absolute Gasteiger partial charge is 0.477 e. The highest BCUT2D eigenvalue weighted by Gasteiger charge is 2.23. The van der Waals surface area contributed by atoms with Crippen molar-refractivity contribution in [3.8, 4) is 5.75 Å². The molecule has 0 saturated carbocycles. The van der Waals surface area contributed by atoms with Crippen molar-refractivity contribution in [2.75, 3.05) is 17.6 Å². The molecule has 184 valence electrons. The molecule has 1 atom stereocenters. The van der Waals surface area contributed by atoms with Gasteiger partial charge in [0.1, 0.15) is 5.75 Å². The Bertz CT molecular complexity index is 736. The fourth-order valence-corrected chi connectivity index (χ4v) is 4.81. The predicted molar refractivity (Wildman–Crippen MR) is 132 cm³/mol. The van der Waals surface area contributed by atoms with Gasteiger partial charge in [0.05, 0.1) is 18.6 Å². The van der Waals surface area contributed by atoms with Gasteiger partial charge in [-0.05, 0) is 31.4 Å². The Morgan fingerprint density at radius 2 is 1.44 bits per heavy atom. The lowest BCUT2D eigenvalue weighted by molar-refractivity contribution is -0.149. The fraction of sp³-hybridized carbons (Fsp3) is 0.720. The van der Waals surface area contributed by atoms with Crippen LogP contribution in [0.25, 0.3) is 0 Å². The number of para-hydroxylation sites is 2. The van der Waals surface area contributed by atoms with Gasteiger partial charge < -0.3 is 9.47 Å². The Morgan fingerprint density at radius 3 is 2.03 bits per heavy atom. The van der Waals surface area contributed by atoms with Crippen LogP contribution >= 0.6 is 0 Å². The van der Waals surface area contributed by atoms with Crippen LogP contribution in [0.1, 0.15) is 97.3 Å². The van der Waals surface area contributed by atoms with Gasteiger partial charge in [-0.25, -0.2) is 13.2 Å². The van der Waals surface area contributed by atoms with Crippen LogP contribution in [0.3, 0.4) is 0 Å². The minimum Gasteiger partial charge on any atom is -0.477 e. The van der Waals surface area contributed by atoms with Crippen LogP contribution in [-0.4, -0.2) is 33.4 Å². The minimum absolute atomic E-state index is 0.0524. The molecular weight excluding hydrogens is 426 g/mol. The molecule has 6 nitrogen and oxygen atoms in total. The fourth-order valence-electron chi connectivity index (χ4n) is 3.53. The van der Waals surface area contributed by atoms with E-state index < -0.39 is 22.1 Å². The summed E-state index contributed by atoms with van der Waals surface area (Å²) in [6.07, 6.45) is 13.3. The van der Waals surface area contributed by atoms with E-state index in [0.29, 0.717) is 24.3 Å². The number of ether oxygens (including phenoxy) is 2. The summed E-state index contributed by atoms with van der Waals surface area (Å²) in [6, 6.07) is 6.81. The van der Waals surface area contributed by atoms with Gasteiger partial charge in [-0.2, -0.15) is 0 Å². The van der Waals surface area contributed by atoms with E-state index in [2.05, 4.69) is 11.6 Å². The molecule has 0 aliphatic heterocycles. The summed E-state index contributed by atoms with van der Waals surface area (Å²) in [5.74, 6) is -0.0451. The standard InChI is InChI=1S/C25H43NO5S/c1-4-6-8-9-10-11-12-13-14-15-20-24(25(27)30-3)31-23-19-17-16-18-22(23)26-32(28,29)21-7-5-2/h16-19,24,26H,4-15,20-21H2,1-3H3. The Hall–Kier alpha value is -1.76. The smallest absolute Gasteiger partial charge is 0.347 e. The highest BCUT2D eigenvalue weighted by Crippen LogP contribution is 2.27. The minimum atomic E-state index is -3.46. The molecule has 0 heterocycles. The first-order valence-corrected chi connectivity index (χ1v) is 13.9. The van der Waals surface area contributed by atoms with Crippen molar-refractivity contribution in [3.05, 3.63) is 24.3 Å². The number of nitrogens with one attached hydrogen (secondary N) is 1. The third-order valence-electron chi connectivity index (χ3n) is 5.47. The van der Waals surface area contributed by atoms with Crippen LogP contribution in [0.4, 0.5) is 5.69 Å². The second kappa shape index (κ2) is 16.8. The zero-order valence-electron chi connectivity index (χ0n) is 20.2. The van der Waals surface area contributed by atoms with E-state index in [-0.39, 0.29) is 5.75 Å². The number of carbonyl (C=O) groups excluding carboxylic acids is 1. The Kier molecular flexibility index (Phi) is 14.9. The Morgan fingerprint density at radius 1 is 0.875 bits per heavy atom. The lowest BCUT2D eigenvalue weighted by Crippen LogP contribution is -2.29. The summed E-state index contributed by atoms with van der Waals surface area (Å²) >= 11 is 0. The highest BCUT2D eigenvalue weighted by molar-refractivity contribution is 7.92. The van der Waals surface area contributed by atoms with Crippen LogP contribution in [0.5, 0.6) is 5.75 Å². The molecule has 0 saturated heterocycles. The lowest BCUT2D eigenvalue weighted by atomic mass is 10.0. The Balaban J connectivity index is 2.54. The van der Waals surface area contributed by atoms with E-state index in [0.717, 1.165) is 25.7 Å². The monoisotopic (exact) mass is 469 g/mol. The van der Waals surface area contributed by atoms with Crippen molar-refractivity contribution >= 4 is 21.7 Å². The molecule has 1 unspecified atom stereocenters. The van der Waals surface area contributed by atoms with Gasteiger partial charge in [-0.15, -0.1) is 0 Å². The molecule has 0 radical (unpaired) electrons. The molecule has 0 aromatic heterocycles. The summed E-state index contributed by atoms with van der Waals surface area (Å²) in [6.45, 7) is 4.18. The zero-order chi connectivity index (χ0) is 23.7. The number of hydrogen-bond acceptors (Lipinski definition) is 5. The number of anilines is 1. The van der Waals surface area contributed by atoms with E-state index in [4.69, 9.17) is 9.47 Å². The number of rotatable bonds is 19. The third-order valence-corrected chi connectivity index (χ3v) is 6.83. The molecule has 1 N–H and O–H groups in total. The van der Waals surface area contributed by atoms with Gasteiger partial charge in [-0.3, -0.25) is 4.72 Å². The molecule has 1 aromatic rings. The molecule has 0 amide bonds. The third kappa shape index (κ3) is 12.3. The molecule has 32 heavy (non-hydrogen) atoms. The van der Waals surface area contributed by atoms with Gasteiger partial charge in [-0.1, -0.05) is 90.2 Å². The average Bonchev–Trinajstić information content (AvgIpc) is 2.78. The van der Waals surface area contributed by atoms with Gasteiger partial charge in [0.25, 0.3) is 0 Å². The first-order chi connectivity index (χ1) is 15.4. The van der Waals surface area contributed by atoms with E-state index in [1.165, 1.54) is 52.1 Å². The quantitative estimate of drug-likeness (QED) is 0.186. The summed E-state index contributed by atoms with van der Waals surface area (Å²) in [5.41, 5.74) is 0.348. The number of esters is 1. The van der Waals surface area contributed by atoms with E-state index in [1.54, 1.807) is 24.3 Å². The van der Waals surface area contributed by atoms with Gasteiger partial charge >= 0.3 is 5.97 Å². The van der Waals surface area contributed by atoms with E-state index in [9.17, 15) is 13.2 Å². The first-order valence-electron chi connectivity index (χ1n) is 12.3. The van der Waals surface area contributed by atoms with Crippen LogP contribution in [0.2, 0.25) is 0 Å². The average molecular weight is 470 g/mol. The molecule has 0 aliphatic rings. The summed E-state index contributed by atoms with van der Waals surface area (Å²) < 4.78 is 38.0. The topological polar surface area (TPSA) is 81.7 Å². The van der Waals surface area contributed by atoms with Crippen molar-refractivity contribution < 1.29 is 22.7 Å². The summed E-state index contributed by atoms with van der Waals surface area (Å²) in [4.78, 5) is 12.3. The molecule has 0 fully saturated rings. The van der Waals surface area contributed by atoms with Gasteiger partial charge in [0.15, 0.2) is 6.10 Å². The maximum Gasteiger partial charge on any atom is 0.347 e. The molecule has 1 rings (SSSR count). The van der Waals surface area contributed by atoms with E-state index in [1.807, 2.05) is 6.92 Å². The van der Waals surface area contributed by atoms with Crippen molar-refractivity contribution in [3.63, 3.8) is 0 Å². The zero-order valence-corrected chi connectivity index (χ0v) is 21.1. The van der Waals surface area contributed by atoms with E-state index >= 15 is 0 Å². The second-order valence-electron chi connectivity index (χ2n) is 8.37. The molecular formula is C25H43NO5S. The number of hydrogen-bond donors (Lipinski definition) is 1. The molecule has 7 heteroatoms. The maximum atomic E-state index is 12.3. The Labute approximate surface area is 195 Å². The number of sulfonamides is 1. The molecule has 0 spiro atoms. The molecule has 1 aromatic carbocycles. The number of unbranched alkanes of at least 4 members (excludes halogenated alkanes) is 10. The van der Waals surface area contributed by atoms with Crippen molar-refractivity contribution in [1.29, 1.82) is 0 Å². The number of benzene rings is 1. The predicted octanol–water partition coefficient (Wildman–Crippen LogP) is 6.46. The normalized spacial score (nSPS) is 12.3. The number of carbonyl (C=O) groups is 1. The van der Waals surface area contributed by atoms with Crippen LogP contribution < -0.4 is 9.46 Å². The van der Waals surface area contributed by atoms with Crippen LogP contribution in [0.15, 0.2) is 24.3 Å². The first kappa shape index (κ1) is 28.3. The second-order valence-corrected chi connectivity index (χ2v) is 10.2. The van der Waals surface area contributed by atoms with Gasteiger partial charge in [0.2, 0.25) is 10.0 Å². The maximum absolute atomic E-state index is 12.3. The molecule has 0 bridgehead atoms. The highest BCUT2D eigenvalue weighted by atomic mass is 32.2. The van der Waals surface area contributed by atoms with Crippen molar-refractivity contribution in [2.24, 2.45) is 0 Å². The SMILES string of the molecule is CCCCCCCCCCCCC(Oc1ccccc1NS(=O)(=O)CCCC)C(=O)OC. The lowest BCUT2D eigenvalue weighted by Gasteiger charge is -2.19. The van der Waals surface area contributed by atoms with Crippen molar-refractivity contribution in [2.45, 2.75) is 103 Å². The van der Waals surface area contributed by atoms with Gasteiger partial charge in [0, 0.05) is 0 Å². The number of methoxy groups -OCH3 is 1. The van der Waals surface area contributed by atoms with Crippen LogP contribution in [-0.2, 0) is 19.6 Å². The summed E-state index contributed by atoms with van der Waals surface area (Å²) in [7, 11) is -2.12. The summed E-state index contributed by atoms with van der Waals surface area (Å²) in [5, 5.41) is 0. The van der Waals surface area contributed by atoms with Crippen LogP contribution in [0, 0.1) is 0 Å². The van der Waals surface area contributed by atoms with Crippen molar-refractivity contribution in [1.82, 2.24) is 0 Å². The molecule has 0 aliphatic carbocycles.